The molecule has 118 valence electrons. The van der Waals surface area contributed by atoms with Gasteiger partial charge in [-0.05, 0) is 37.5 Å². The molecule has 1 aromatic carbocycles. The number of halogens is 3. The lowest BCUT2D eigenvalue weighted by molar-refractivity contribution is -0.135. The van der Waals surface area contributed by atoms with Gasteiger partial charge in [0.1, 0.15) is 0 Å². The molecule has 7 heteroatoms. The molecule has 0 saturated carbocycles. The fourth-order valence-electron chi connectivity index (χ4n) is 1.73. The van der Waals surface area contributed by atoms with Crippen LogP contribution in [0.3, 0.4) is 0 Å². The van der Waals surface area contributed by atoms with Gasteiger partial charge in [-0.25, -0.2) is 4.79 Å². The van der Waals surface area contributed by atoms with Crippen LogP contribution in [0.1, 0.15) is 37.8 Å². The van der Waals surface area contributed by atoms with Crippen LogP contribution in [-0.2, 0) is 0 Å². The van der Waals surface area contributed by atoms with Crippen molar-refractivity contribution in [3.63, 3.8) is 0 Å². The number of benzene rings is 1. The largest absolute Gasteiger partial charge is 0.389 e. The van der Waals surface area contributed by atoms with Gasteiger partial charge in [0.05, 0.1) is 0 Å². The van der Waals surface area contributed by atoms with Crippen molar-refractivity contribution in [1.29, 1.82) is 0 Å². The predicted octanol–water partition coefficient (Wildman–Crippen LogP) is 3.56. The summed E-state index contributed by atoms with van der Waals surface area (Å²) in [7, 11) is 0. The highest BCUT2D eigenvalue weighted by Gasteiger charge is 2.25. The first-order chi connectivity index (χ1) is 9.78. The molecule has 0 aromatic heterocycles. The van der Waals surface area contributed by atoms with Crippen LogP contribution in [0.15, 0.2) is 24.3 Å². The molecule has 4 N–H and O–H groups in total. The van der Waals surface area contributed by atoms with E-state index in [1.807, 2.05) is 13.0 Å². The molecule has 0 radical (unpaired) electrons. The summed E-state index contributed by atoms with van der Waals surface area (Å²) in [6.07, 6.45) is -4.68. The van der Waals surface area contributed by atoms with Crippen molar-refractivity contribution in [1.82, 2.24) is 5.32 Å². The minimum atomic E-state index is -4.14. The standard InChI is InChI=1S/C14H20F3N3O/c1-10(18)11-5-4-6-12(9-11)20-13(21)19-8-3-2-7-14(15,16)17/h4-6,9-10H,2-3,7-8,18H2,1H3,(H2,19,20,21). The molecule has 0 aliphatic carbocycles. The predicted molar refractivity (Wildman–Crippen MR) is 76.0 cm³/mol. The molecule has 0 aliphatic rings. The number of hydrogen-bond acceptors (Lipinski definition) is 2. The number of carbonyl (C=O) groups is 1. The van der Waals surface area contributed by atoms with E-state index in [0.29, 0.717) is 5.69 Å². The molecular weight excluding hydrogens is 283 g/mol. The molecule has 0 heterocycles. The van der Waals surface area contributed by atoms with E-state index < -0.39 is 18.6 Å². The minimum Gasteiger partial charge on any atom is -0.338 e. The quantitative estimate of drug-likeness (QED) is 0.703. The van der Waals surface area contributed by atoms with Crippen LogP contribution in [0.2, 0.25) is 0 Å². The number of rotatable bonds is 6. The van der Waals surface area contributed by atoms with E-state index in [-0.39, 0.29) is 25.4 Å². The SMILES string of the molecule is CC(N)c1cccc(NC(=O)NCCCCC(F)(F)F)c1. The second-order valence-electron chi connectivity index (χ2n) is 4.87. The van der Waals surface area contributed by atoms with Gasteiger partial charge < -0.3 is 16.4 Å². The number of nitrogens with one attached hydrogen (secondary N) is 2. The highest BCUT2D eigenvalue weighted by molar-refractivity contribution is 5.89. The number of nitrogens with two attached hydrogens (primary N) is 1. The molecule has 1 unspecified atom stereocenters. The normalized spacial score (nSPS) is 12.8. The van der Waals surface area contributed by atoms with E-state index in [0.717, 1.165) is 5.56 Å². The van der Waals surface area contributed by atoms with Crippen molar-refractivity contribution in [3.05, 3.63) is 29.8 Å². The Hall–Kier alpha value is -1.76. The smallest absolute Gasteiger partial charge is 0.338 e. The second kappa shape index (κ2) is 7.87. The summed E-state index contributed by atoms with van der Waals surface area (Å²) < 4.78 is 35.8. The van der Waals surface area contributed by atoms with Crippen molar-refractivity contribution >= 4 is 11.7 Å². The van der Waals surface area contributed by atoms with E-state index in [2.05, 4.69) is 10.6 Å². The molecule has 0 spiro atoms. The Labute approximate surface area is 121 Å². The number of anilines is 1. The summed E-state index contributed by atoms with van der Waals surface area (Å²) in [6.45, 7) is 2.04. The van der Waals surface area contributed by atoms with Crippen molar-refractivity contribution in [3.8, 4) is 0 Å². The number of urea groups is 1. The van der Waals surface area contributed by atoms with Crippen LogP contribution < -0.4 is 16.4 Å². The summed E-state index contributed by atoms with van der Waals surface area (Å²) in [5.74, 6) is 0. The van der Waals surface area contributed by atoms with Crippen LogP contribution in [0.5, 0.6) is 0 Å². The number of alkyl halides is 3. The first-order valence-electron chi connectivity index (χ1n) is 6.75. The van der Waals surface area contributed by atoms with E-state index in [1.54, 1.807) is 18.2 Å². The Morgan fingerprint density at radius 3 is 2.67 bits per heavy atom. The van der Waals surface area contributed by atoms with Gasteiger partial charge in [-0.1, -0.05) is 12.1 Å². The maximum Gasteiger partial charge on any atom is 0.389 e. The van der Waals surface area contributed by atoms with Gasteiger partial charge >= 0.3 is 12.2 Å². The van der Waals surface area contributed by atoms with Gasteiger partial charge in [0.25, 0.3) is 0 Å². The summed E-state index contributed by atoms with van der Waals surface area (Å²) in [6, 6.07) is 6.52. The van der Waals surface area contributed by atoms with Crippen molar-refractivity contribution in [2.24, 2.45) is 5.73 Å². The monoisotopic (exact) mass is 303 g/mol. The van der Waals surface area contributed by atoms with Crippen molar-refractivity contribution in [2.75, 3.05) is 11.9 Å². The molecular formula is C14H20F3N3O. The highest BCUT2D eigenvalue weighted by atomic mass is 19.4. The van der Waals surface area contributed by atoms with E-state index in [9.17, 15) is 18.0 Å². The van der Waals surface area contributed by atoms with E-state index in [4.69, 9.17) is 5.73 Å². The Morgan fingerprint density at radius 2 is 2.05 bits per heavy atom. The molecule has 0 saturated heterocycles. The molecule has 4 nitrogen and oxygen atoms in total. The third-order valence-corrected chi connectivity index (χ3v) is 2.84. The van der Waals surface area contributed by atoms with Crippen LogP contribution >= 0.6 is 0 Å². The average Bonchev–Trinajstić information content (AvgIpc) is 2.37. The van der Waals surface area contributed by atoms with Crippen molar-refractivity contribution in [2.45, 2.75) is 38.4 Å². The third-order valence-electron chi connectivity index (χ3n) is 2.84. The number of amides is 2. The Kier molecular flexibility index (Phi) is 6.48. The zero-order valence-electron chi connectivity index (χ0n) is 11.8. The van der Waals surface area contributed by atoms with Crippen LogP contribution in [0, 0.1) is 0 Å². The Morgan fingerprint density at radius 1 is 1.33 bits per heavy atom. The number of unbranched alkanes of at least 4 members (excludes halogenated alkanes) is 1. The zero-order valence-corrected chi connectivity index (χ0v) is 11.8. The molecule has 0 bridgehead atoms. The van der Waals surface area contributed by atoms with Gasteiger partial charge in [0.2, 0.25) is 0 Å². The topological polar surface area (TPSA) is 67.1 Å². The maximum atomic E-state index is 11.9. The molecule has 1 rings (SSSR count). The molecule has 1 aromatic rings. The summed E-state index contributed by atoms with van der Waals surface area (Å²) >= 11 is 0. The first kappa shape index (κ1) is 17.3. The lowest BCUT2D eigenvalue weighted by Crippen LogP contribution is -2.29. The maximum absolute atomic E-state index is 11.9. The third kappa shape index (κ3) is 7.55. The average molecular weight is 303 g/mol. The number of carbonyl (C=O) groups excluding carboxylic acids is 1. The summed E-state index contributed by atoms with van der Waals surface area (Å²) in [5.41, 5.74) is 7.22. The fraction of sp³-hybridized carbons (Fsp3) is 0.500. The van der Waals surface area contributed by atoms with Crippen LogP contribution in [-0.4, -0.2) is 18.8 Å². The van der Waals surface area contributed by atoms with Gasteiger partial charge in [0.15, 0.2) is 0 Å². The minimum absolute atomic E-state index is 0.00392. The number of hydrogen-bond donors (Lipinski definition) is 3. The molecule has 2 amide bonds. The lowest BCUT2D eigenvalue weighted by Gasteiger charge is -2.11. The van der Waals surface area contributed by atoms with Crippen molar-refractivity contribution < 1.29 is 18.0 Å². The van der Waals surface area contributed by atoms with Gasteiger partial charge in [-0.3, -0.25) is 0 Å². The summed E-state index contributed by atoms with van der Waals surface area (Å²) in [5, 5.41) is 5.13. The van der Waals surface area contributed by atoms with Crippen LogP contribution in [0.4, 0.5) is 23.7 Å². The van der Waals surface area contributed by atoms with Gasteiger partial charge in [0, 0.05) is 24.7 Å². The molecule has 21 heavy (non-hydrogen) atoms. The first-order valence-corrected chi connectivity index (χ1v) is 6.75. The summed E-state index contributed by atoms with van der Waals surface area (Å²) in [4.78, 5) is 11.6. The fourth-order valence-corrected chi connectivity index (χ4v) is 1.73. The second-order valence-corrected chi connectivity index (χ2v) is 4.87. The zero-order chi connectivity index (χ0) is 15.9. The molecule has 0 fully saturated rings. The Bertz CT molecular complexity index is 461. The van der Waals surface area contributed by atoms with Crippen LogP contribution in [0.25, 0.3) is 0 Å². The van der Waals surface area contributed by atoms with E-state index in [1.165, 1.54) is 0 Å². The van der Waals surface area contributed by atoms with Gasteiger partial charge in [-0.2, -0.15) is 13.2 Å². The van der Waals surface area contributed by atoms with E-state index >= 15 is 0 Å². The Balaban J connectivity index is 2.29. The lowest BCUT2D eigenvalue weighted by atomic mass is 10.1. The molecule has 1 atom stereocenters. The van der Waals surface area contributed by atoms with Gasteiger partial charge in [-0.15, -0.1) is 0 Å². The molecule has 0 aliphatic heterocycles. The highest BCUT2D eigenvalue weighted by Crippen LogP contribution is 2.21.